The zero-order valence-electron chi connectivity index (χ0n) is 15.1. The second-order valence-electron chi connectivity index (χ2n) is 6.28. The molecule has 0 saturated heterocycles. The van der Waals surface area contributed by atoms with Gasteiger partial charge in [0.15, 0.2) is 23.0 Å². The summed E-state index contributed by atoms with van der Waals surface area (Å²) in [6.45, 7) is 0.434. The summed E-state index contributed by atoms with van der Waals surface area (Å²) in [5.74, 6) is 1.70. The van der Waals surface area contributed by atoms with Crippen LogP contribution >= 0.6 is 11.3 Å². The lowest BCUT2D eigenvalue weighted by molar-refractivity contribution is -0.116. The van der Waals surface area contributed by atoms with Crippen LogP contribution in [0.1, 0.15) is 11.4 Å². The van der Waals surface area contributed by atoms with Crippen LogP contribution in [0.25, 0.3) is 23.0 Å². The highest BCUT2D eigenvalue weighted by Crippen LogP contribution is 2.32. The van der Waals surface area contributed by atoms with Crippen LogP contribution in [-0.4, -0.2) is 32.5 Å². The fraction of sp³-hybridized carbons (Fsp3) is 0.100. The number of nitrogens with zero attached hydrogens (tertiary/aromatic N) is 4. The highest BCUT2D eigenvalue weighted by molar-refractivity contribution is 7.08. The van der Waals surface area contributed by atoms with E-state index < -0.39 is 0 Å². The Morgan fingerprint density at radius 2 is 2.10 bits per heavy atom. The minimum atomic E-state index is -0.242. The highest BCUT2D eigenvalue weighted by Gasteiger charge is 2.13. The van der Waals surface area contributed by atoms with Crippen LogP contribution in [0.2, 0.25) is 0 Å². The second-order valence-corrected chi connectivity index (χ2v) is 7.06. The number of benzene rings is 1. The zero-order chi connectivity index (χ0) is 19.6. The van der Waals surface area contributed by atoms with Gasteiger partial charge in [0, 0.05) is 17.0 Å². The number of hydrogen-bond donors (Lipinski definition) is 1. The molecule has 4 heterocycles. The number of fused-ring (bicyclic) bond motifs is 2. The topological polar surface area (TPSA) is 90.6 Å². The summed E-state index contributed by atoms with van der Waals surface area (Å²) in [6.07, 6.45) is 3.18. The van der Waals surface area contributed by atoms with Gasteiger partial charge in [-0.05, 0) is 47.4 Å². The molecule has 8 nitrogen and oxygen atoms in total. The van der Waals surface area contributed by atoms with E-state index in [9.17, 15) is 4.79 Å². The normalized spacial score (nSPS) is 12.7. The molecule has 0 unspecified atom stereocenters. The molecule has 0 radical (unpaired) electrons. The molecule has 1 amide bonds. The van der Waals surface area contributed by atoms with Gasteiger partial charge in [0.05, 0.1) is 12.2 Å². The molecule has 29 heavy (non-hydrogen) atoms. The molecule has 0 fully saturated rings. The number of rotatable bonds is 5. The van der Waals surface area contributed by atoms with Gasteiger partial charge in [0.25, 0.3) is 0 Å². The van der Waals surface area contributed by atoms with Crippen molar-refractivity contribution in [1.29, 1.82) is 0 Å². The van der Waals surface area contributed by atoms with Crippen LogP contribution in [0.3, 0.4) is 0 Å². The molecule has 1 aromatic carbocycles. The van der Waals surface area contributed by atoms with Crippen LogP contribution in [0.5, 0.6) is 11.5 Å². The van der Waals surface area contributed by atoms with E-state index in [2.05, 4.69) is 20.6 Å². The predicted octanol–water partition coefficient (Wildman–Crippen LogP) is 2.91. The van der Waals surface area contributed by atoms with E-state index in [4.69, 9.17) is 9.47 Å². The molecule has 0 aliphatic carbocycles. The maximum absolute atomic E-state index is 12.2. The Morgan fingerprint density at radius 3 is 3.00 bits per heavy atom. The van der Waals surface area contributed by atoms with E-state index in [0.717, 1.165) is 16.8 Å². The van der Waals surface area contributed by atoms with Crippen molar-refractivity contribution in [1.82, 2.24) is 25.1 Å². The van der Waals surface area contributed by atoms with Crippen molar-refractivity contribution in [3.05, 3.63) is 64.6 Å². The van der Waals surface area contributed by atoms with Gasteiger partial charge in [-0.2, -0.15) is 21.0 Å². The van der Waals surface area contributed by atoms with Gasteiger partial charge in [-0.25, -0.2) is 0 Å². The number of ether oxygens (including phenoxy) is 2. The van der Waals surface area contributed by atoms with Crippen molar-refractivity contribution in [2.45, 2.75) is 6.54 Å². The quantitative estimate of drug-likeness (QED) is 0.514. The molecular formula is C20H15N5O3S. The van der Waals surface area contributed by atoms with Crippen LogP contribution in [-0.2, 0) is 11.3 Å². The Balaban J connectivity index is 1.27. The molecule has 0 saturated carbocycles. The highest BCUT2D eigenvalue weighted by atomic mass is 32.1. The van der Waals surface area contributed by atoms with Crippen LogP contribution < -0.4 is 14.8 Å². The number of hydrogen-bond acceptors (Lipinski definition) is 7. The Kier molecular flexibility index (Phi) is 4.41. The standard InChI is InChI=1S/C20H15N5O3S/c26-20(6-2-13-1-4-16-17(9-13)28-12-27-16)21-10-19-23-22-18-5-3-15(24-25(18)19)14-7-8-29-11-14/h1-9,11H,10,12H2,(H,21,26)/b6-2+. The summed E-state index contributed by atoms with van der Waals surface area (Å²) < 4.78 is 12.3. The first-order valence-corrected chi connectivity index (χ1v) is 9.80. The van der Waals surface area contributed by atoms with Gasteiger partial charge in [-0.3, -0.25) is 4.79 Å². The van der Waals surface area contributed by atoms with Crippen LogP contribution in [0, 0.1) is 0 Å². The first-order chi connectivity index (χ1) is 14.3. The van der Waals surface area contributed by atoms with Gasteiger partial charge in [-0.1, -0.05) is 6.07 Å². The smallest absolute Gasteiger partial charge is 0.244 e. The summed E-state index contributed by atoms with van der Waals surface area (Å²) >= 11 is 1.61. The fourth-order valence-corrected chi connectivity index (χ4v) is 3.57. The monoisotopic (exact) mass is 405 g/mol. The molecule has 1 aliphatic rings. The molecule has 0 spiro atoms. The minimum absolute atomic E-state index is 0.214. The lowest BCUT2D eigenvalue weighted by Crippen LogP contribution is -2.22. The molecule has 0 atom stereocenters. The predicted molar refractivity (Wildman–Crippen MR) is 108 cm³/mol. The Hall–Kier alpha value is -3.72. The van der Waals surface area contributed by atoms with E-state index in [0.29, 0.717) is 23.0 Å². The number of carbonyl (C=O) groups excluding carboxylic acids is 1. The first kappa shape index (κ1) is 17.4. The largest absolute Gasteiger partial charge is 0.454 e. The first-order valence-electron chi connectivity index (χ1n) is 8.86. The van der Waals surface area contributed by atoms with E-state index in [1.54, 1.807) is 21.9 Å². The number of nitrogens with one attached hydrogen (secondary N) is 1. The average Bonchev–Trinajstić information content (AvgIpc) is 3.50. The molecular weight excluding hydrogens is 390 g/mol. The molecule has 9 heteroatoms. The third kappa shape index (κ3) is 3.55. The van der Waals surface area contributed by atoms with Crippen molar-refractivity contribution in [3.8, 4) is 22.8 Å². The average molecular weight is 405 g/mol. The van der Waals surface area contributed by atoms with Crippen molar-refractivity contribution >= 4 is 29.0 Å². The van der Waals surface area contributed by atoms with Gasteiger partial charge in [0.2, 0.25) is 12.7 Å². The van der Waals surface area contributed by atoms with Crippen molar-refractivity contribution < 1.29 is 14.3 Å². The number of carbonyl (C=O) groups is 1. The Bertz CT molecular complexity index is 1220. The van der Waals surface area contributed by atoms with E-state index >= 15 is 0 Å². The SMILES string of the molecule is O=C(/C=C/c1ccc2c(c1)OCO2)NCc1nnc2ccc(-c3ccsc3)nn12. The van der Waals surface area contributed by atoms with Crippen molar-refractivity contribution in [2.24, 2.45) is 0 Å². The third-order valence-corrected chi connectivity index (χ3v) is 5.07. The maximum Gasteiger partial charge on any atom is 0.244 e. The maximum atomic E-state index is 12.2. The summed E-state index contributed by atoms with van der Waals surface area (Å²) in [4.78, 5) is 12.2. The van der Waals surface area contributed by atoms with Gasteiger partial charge in [-0.15, -0.1) is 10.2 Å². The summed E-state index contributed by atoms with van der Waals surface area (Å²) in [5.41, 5.74) is 3.34. The number of aromatic nitrogens is 4. The summed E-state index contributed by atoms with van der Waals surface area (Å²) in [7, 11) is 0. The molecule has 0 bridgehead atoms. The third-order valence-electron chi connectivity index (χ3n) is 4.39. The molecule has 1 N–H and O–H groups in total. The molecule has 5 rings (SSSR count). The number of amides is 1. The molecule has 144 valence electrons. The lowest BCUT2D eigenvalue weighted by Gasteiger charge is -2.03. The summed E-state index contributed by atoms with van der Waals surface area (Å²) in [6, 6.07) is 11.3. The zero-order valence-corrected chi connectivity index (χ0v) is 15.9. The number of thiophene rings is 1. The van der Waals surface area contributed by atoms with E-state index in [1.807, 2.05) is 47.2 Å². The van der Waals surface area contributed by atoms with Gasteiger partial charge in [0.1, 0.15) is 0 Å². The minimum Gasteiger partial charge on any atom is -0.454 e. The van der Waals surface area contributed by atoms with Crippen molar-refractivity contribution in [3.63, 3.8) is 0 Å². The second kappa shape index (κ2) is 7.36. The van der Waals surface area contributed by atoms with Crippen molar-refractivity contribution in [2.75, 3.05) is 6.79 Å². The molecule has 3 aromatic heterocycles. The summed E-state index contributed by atoms with van der Waals surface area (Å²) in [5, 5.41) is 19.7. The van der Waals surface area contributed by atoms with E-state index in [1.165, 1.54) is 6.08 Å². The van der Waals surface area contributed by atoms with Gasteiger partial charge >= 0.3 is 0 Å². The lowest BCUT2D eigenvalue weighted by atomic mass is 10.2. The molecule has 4 aromatic rings. The van der Waals surface area contributed by atoms with Crippen LogP contribution in [0.4, 0.5) is 0 Å². The van der Waals surface area contributed by atoms with Gasteiger partial charge < -0.3 is 14.8 Å². The fourth-order valence-electron chi connectivity index (χ4n) is 2.92. The van der Waals surface area contributed by atoms with Crippen LogP contribution in [0.15, 0.2) is 53.2 Å². The molecule has 1 aliphatic heterocycles. The Morgan fingerprint density at radius 1 is 1.17 bits per heavy atom. The van der Waals surface area contributed by atoms with E-state index in [-0.39, 0.29) is 19.2 Å². The Labute approximate surface area is 169 Å².